The van der Waals surface area contributed by atoms with Gasteiger partial charge in [-0.2, -0.15) is 0 Å². The van der Waals surface area contributed by atoms with Crippen LogP contribution in [0.4, 0.5) is 5.69 Å². The molecule has 1 saturated heterocycles. The molecule has 1 fully saturated rings. The van der Waals surface area contributed by atoms with E-state index in [1.165, 1.54) is 17.7 Å². The van der Waals surface area contributed by atoms with Gasteiger partial charge in [-0.15, -0.1) is 0 Å². The average molecular weight is 262 g/mol. The Morgan fingerprint density at radius 1 is 1.37 bits per heavy atom. The molecule has 1 heterocycles. The zero-order valence-electron chi connectivity index (χ0n) is 12.4. The van der Waals surface area contributed by atoms with Gasteiger partial charge in [0.1, 0.15) is 0 Å². The van der Waals surface area contributed by atoms with Crippen LogP contribution in [0.5, 0.6) is 0 Å². The molecule has 0 aromatic heterocycles. The highest BCUT2D eigenvalue weighted by molar-refractivity contribution is 5.54. The molecule has 3 nitrogen and oxygen atoms in total. The number of para-hydroxylation sites is 1. The molecule has 1 aromatic rings. The minimum atomic E-state index is -0.0104. The van der Waals surface area contributed by atoms with Gasteiger partial charge in [-0.05, 0) is 37.9 Å². The molecule has 0 spiro atoms. The minimum Gasteiger partial charge on any atom is -0.377 e. The summed E-state index contributed by atoms with van der Waals surface area (Å²) in [5, 5.41) is 3.42. The van der Waals surface area contributed by atoms with Crippen LogP contribution in [-0.4, -0.2) is 32.3 Å². The summed E-state index contributed by atoms with van der Waals surface area (Å²) in [5.41, 5.74) is 2.72. The number of ether oxygens (including phenoxy) is 1. The third-order valence-corrected chi connectivity index (χ3v) is 4.05. The fourth-order valence-corrected chi connectivity index (χ4v) is 2.81. The van der Waals surface area contributed by atoms with Gasteiger partial charge in [0.25, 0.3) is 0 Å². The van der Waals surface area contributed by atoms with Crippen molar-refractivity contribution in [2.24, 2.45) is 0 Å². The Kier molecular flexibility index (Phi) is 4.83. The Hall–Kier alpha value is -1.06. The van der Waals surface area contributed by atoms with E-state index in [2.05, 4.69) is 48.3 Å². The predicted molar refractivity (Wildman–Crippen MR) is 80.7 cm³/mol. The zero-order chi connectivity index (χ0) is 13.7. The molecule has 1 N–H and O–H groups in total. The minimum absolute atomic E-state index is 0.0104. The predicted octanol–water partition coefficient (Wildman–Crippen LogP) is 2.80. The first-order chi connectivity index (χ1) is 9.18. The topological polar surface area (TPSA) is 24.5 Å². The molecule has 1 unspecified atom stereocenters. The van der Waals surface area contributed by atoms with Gasteiger partial charge < -0.3 is 15.0 Å². The number of nitrogens with zero attached hydrogens (tertiary/aromatic N) is 1. The molecule has 0 bridgehead atoms. The van der Waals surface area contributed by atoms with Gasteiger partial charge in [0, 0.05) is 32.4 Å². The summed E-state index contributed by atoms with van der Waals surface area (Å²) in [6, 6.07) is 8.70. The molecule has 0 radical (unpaired) electrons. The standard InChI is InChI=1S/C16H26N2O/c1-4-17-12-14-8-5-6-9-15(14)18-11-7-10-16(2,13-18)19-3/h5-6,8-9,17H,4,7,10-13H2,1-3H3. The second-order valence-corrected chi connectivity index (χ2v) is 5.59. The van der Waals surface area contributed by atoms with E-state index >= 15 is 0 Å². The van der Waals surface area contributed by atoms with E-state index in [0.29, 0.717) is 0 Å². The molecule has 0 amide bonds. The number of benzene rings is 1. The number of rotatable bonds is 5. The Morgan fingerprint density at radius 3 is 2.89 bits per heavy atom. The number of piperidine rings is 1. The van der Waals surface area contributed by atoms with Gasteiger partial charge in [-0.3, -0.25) is 0 Å². The summed E-state index contributed by atoms with van der Waals surface area (Å²) in [6.07, 6.45) is 2.34. The SMILES string of the molecule is CCNCc1ccccc1N1CCCC(C)(OC)C1. The van der Waals surface area contributed by atoms with Gasteiger partial charge in [0.05, 0.1) is 5.60 Å². The highest BCUT2D eigenvalue weighted by atomic mass is 16.5. The lowest BCUT2D eigenvalue weighted by Crippen LogP contribution is -2.47. The molecule has 19 heavy (non-hydrogen) atoms. The fraction of sp³-hybridized carbons (Fsp3) is 0.625. The molecule has 1 aliphatic heterocycles. The summed E-state index contributed by atoms with van der Waals surface area (Å²) >= 11 is 0. The third-order valence-electron chi connectivity index (χ3n) is 4.05. The van der Waals surface area contributed by atoms with Crippen molar-refractivity contribution in [1.82, 2.24) is 5.32 Å². The smallest absolute Gasteiger partial charge is 0.0825 e. The normalized spacial score (nSPS) is 23.6. The van der Waals surface area contributed by atoms with Crippen LogP contribution in [0.15, 0.2) is 24.3 Å². The van der Waals surface area contributed by atoms with E-state index in [1.54, 1.807) is 0 Å². The first-order valence-electron chi connectivity index (χ1n) is 7.27. The maximum absolute atomic E-state index is 5.69. The molecular formula is C16H26N2O. The zero-order valence-corrected chi connectivity index (χ0v) is 12.4. The van der Waals surface area contributed by atoms with Crippen molar-refractivity contribution >= 4 is 5.69 Å². The second-order valence-electron chi connectivity index (χ2n) is 5.59. The lowest BCUT2D eigenvalue weighted by Gasteiger charge is -2.41. The van der Waals surface area contributed by atoms with E-state index in [9.17, 15) is 0 Å². The van der Waals surface area contributed by atoms with E-state index in [1.807, 2.05) is 7.11 Å². The van der Waals surface area contributed by atoms with Gasteiger partial charge in [-0.1, -0.05) is 25.1 Å². The number of nitrogens with one attached hydrogen (secondary N) is 1. The quantitative estimate of drug-likeness (QED) is 0.883. The maximum atomic E-state index is 5.69. The van der Waals surface area contributed by atoms with Gasteiger partial charge in [0.2, 0.25) is 0 Å². The highest BCUT2D eigenvalue weighted by Gasteiger charge is 2.31. The summed E-state index contributed by atoms with van der Waals surface area (Å²) in [6.45, 7) is 8.41. The largest absolute Gasteiger partial charge is 0.377 e. The summed E-state index contributed by atoms with van der Waals surface area (Å²) in [5.74, 6) is 0. The van der Waals surface area contributed by atoms with Crippen LogP contribution in [0, 0.1) is 0 Å². The van der Waals surface area contributed by atoms with Crippen LogP contribution in [0.1, 0.15) is 32.3 Å². The molecule has 2 rings (SSSR count). The van der Waals surface area contributed by atoms with Crippen molar-refractivity contribution in [3.05, 3.63) is 29.8 Å². The lowest BCUT2D eigenvalue weighted by atomic mass is 9.94. The highest BCUT2D eigenvalue weighted by Crippen LogP contribution is 2.30. The summed E-state index contributed by atoms with van der Waals surface area (Å²) in [4.78, 5) is 2.47. The molecule has 1 aliphatic rings. The van der Waals surface area contributed by atoms with Crippen molar-refractivity contribution in [3.8, 4) is 0 Å². The second kappa shape index (κ2) is 6.40. The lowest BCUT2D eigenvalue weighted by molar-refractivity contribution is -0.00468. The van der Waals surface area contributed by atoms with E-state index in [0.717, 1.165) is 32.6 Å². The van der Waals surface area contributed by atoms with Gasteiger partial charge in [0.15, 0.2) is 0 Å². The average Bonchev–Trinajstić information content (AvgIpc) is 2.45. The van der Waals surface area contributed by atoms with Gasteiger partial charge in [-0.25, -0.2) is 0 Å². The van der Waals surface area contributed by atoms with Crippen molar-refractivity contribution < 1.29 is 4.74 Å². The first-order valence-corrected chi connectivity index (χ1v) is 7.27. The van der Waals surface area contributed by atoms with E-state index in [-0.39, 0.29) is 5.60 Å². The molecule has 106 valence electrons. The molecule has 1 aromatic carbocycles. The van der Waals surface area contributed by atoms with Gasteiger partial charge >= 0.3 is 0 Å². The van der Waals surface area contributed by atoms with Crippen molar-refractivity contribution in [1.29, 1.82) is 0 Å². The number of methoxy groups -OCH3 is 1. The van der Waals surface area contributed by atoms with Crippen LogP contribution < -0.4 is 10.2 Å². The third kappa shape index (κ3) is 3.48. The van der Waals surface area contributed by atoms with Crippen LogP contribution in [-0.2, 0) is 11.3 Å². The number of hydrogen-bond donors (Lipinski definition) is 1. The summed E-state index contributed by atoms with van der Waals surface area (Å²) < 4.78 is 5.69. The number of anilines is 1. The van der Waals surface area contributed by atoms with Crippen LogP contribution in [0.3, 0.4) is 0 Å². The molecule has 0 saturated carbocycles. The van der Waals surface area contributed by atoms with E-state index in [4.69, 9.17) is 4.74 Å². The molecule has 3 heteroatoms. The van der Waals surface area contributed by atoms with Crippen molar-refractivity contribution in [2.45, 2.75) is 38.8 Å². The van der Waals surface area contributed by atoms with Crippen LogP contribution >= 0.6 is 0 Å². The fourth-order valence-electron chi connectivity index (χ4n) is 2.81. The van der Waals surface area contributed by atoms with Crippen LogP contribution in [0.2, 0.25) is 0 Å². The number of hydrogen-bond acceptors (Lipinski definition) is 3. The Bertz CT molecular complexity index is 407. The van der Waals surface area contributed by atoms with E-state index < -0.39 is 0 Å². The maximum Gasteiger partial charge on any atom is 0.0825 e. The first kappa shape index (κ1) is 14.4. The molecule has 0 aliphatic carbocycles. The molecular weight excluding hydrogens is 236 g/mol. The Morgan fingerprint density at radius 2 is 2.16 bits per heavy atom. The van der Waals surface area contributed by atoms with Crippen molar-refractivity contribution in [2.75, 3.05) is 31.6 Å². The monoisotopic (exact) mass is 262 g/mol. The summed E-state index contributed by atoms with van der Waals surface area (Å²) in [7, 11) is 1.83. The Balaban J connectivity index is 2.16. The Labute approximate surface area is 116 Å². The molecule has 1 atom stereocenters. The van der Waals surface area contributed by atoms with Crippen molar-refractivity contribution in [3.63, 3.8) is 0 Å². The van der Waals surface area contributed by atoms with Crippen LogP contribution in [0.25, 0.3) is 0 Å².